The van der Waals surface area contributed by atoms with Crippen LogP contribution in [-0.4, -0.2) is 25.2 Å². The maximum absolute atomic E-state index is 10.8. The van der Waals surface area contributed by atoms with E-state index < -0.39 is 11.9 Å². The summed E-state index contributed by atoms with van der Waals surface area (Å²) in [4.78, 5) is 21.0. The summed E-state index contributed by atoms with van der Waals surface area (Å²) in [6.07, 6.45) is 0. The topological polar surface area (TPSA) is 52.6 Å². The summed E-state index contributed by atoms with van der Waals surface area (Å²) < 4.78 is 9.16. The van der Waals surface area contributed by atoms with Crippen LogP contribution in [0.4, 0.5) is 0 Å². The molecule has 4 heteroatoms. The first-order valence-corrected chi connectivity index (χ1v) is 3.81. The molecule has 0 aliphatic heterocycles. The summed E-state index contributed by atoms with van der Waals surface area (Å²) in [6.45, 7) is 5.18. The lowest BCUT2D eigenvalue weighted by Crippen LogP contribution is -2.17. The largest absolute Gasteiger partial charge is 0.463 e. The van der Waals surface area contributed by atoms with Crippen molar-refractivity contribution in [3.05, 3.63) is 0 Å². The van der Waals surface area contributed by atoms with E-state index in [0.717, 1.165) is 0 Å². The van der Waals surface area contributed by atoms with Gasteiger partial charge in [-0.3, -0.25) is 4.79 Å². The van der Waals surface area contributed by atoms with E-state index in [-0.39, 0.29) is 6.61 Å². The lowest BCUT2D eigenvalue weighted by molar-refractivity contribution is -0.158. The fourth-order valence-corrected chi connectivity index (χ4v) is 0.462. The molecule has 0 amide bonds. The number of carbonyl (C=O) groups is 2. The molecule has 0 aliphatic carbocycles. The summed E-state index contributed by atoms with van der Waals surface area (Å²) in [5.74, 6) is -0.679. The molecule has 0 N–H and O–H groups in total. The molecule has 0 unspecified atom stereocenters. The van der Waals surface area contributed by atoms with Gasteiger partial charge >= 0.3 is 11.9 Å². The van der Waals surface area contributed by atoms with Gasteiger partial charge in [-0.1, -0.05) is 13.8 Å². The van der Waals surface area contributed by atoms with Crippen LogP contribution in [0, 0.1) is 5.92 Å². The van der Waals surface area contributed by atoms with Crippen molar-refractivity contribution in [2.24, 2.45) is 5.92 Å². The van der Waals surface area contributed by atoms with Crippen molar-refractivity contribution in [2.75, 3.05) is 13.2 Å². The van der Waals surface area contributed by atoms with Gasteiger partial charge in [0.2, 0.25) is 0 Å². The smallest absolute Gasteiger partial charge is 0.344 e. The van der Waals surface area contributed by atoms with Crippen LogP contribution in [0.25, 0.3) is 0 Å². The number of rotatable bonds is 4. The minimum atomic E-state index is -0.501. The Labute approximate surface area is 71.8 Å². The standard InChI is InChI=1S/C8H14O4/c1-6(2)4-12-8(10)5-11-7(3)9/h6H,4-5H2,1-3H3. The Morgan fingerprint density at radius 1 is 1.25 bits per heavy atom. The predicted octanol–water partition coefficient (Wildman–Crippen LogP) is 0.749. The molecule has 0 saturated heterocycles. The number of ether oxygens (including phenoxy) is 2. The van der Waals surface area contributed by atoms with Gasteiger partial charge in [0.15, 0.2) is 6.61 Å². The summed E-state index contributed by atoms with van der Waals surface area (Å²) >= 11 is 0. The molecule has 0 saturated carbocycles. The van der Waals surface area contributed by atoms with Crippen molar-refractivity contribution >= 4 is 11.9 Å². The van der Waals surface area contributed by atoms with Gasteiger partial charge in [-0.2, -0.15) is 0 Å². The summed E-state index contributed by atoms with van der Waals surface area (Å²) in [6, 6.07) is 0. The van der Waals surface area contributed by atoms with Crippen molar-refractivity contribution < 1.29 is 19.1 Å². The average Bonchev–Trinajstić information content (AvgIpc) is 1.96. The number of carbonyl (C=O) groups excluding carboxylic acids is 2. The van der Waals surface area contributed by atoms with Crippen LogP contribution in [-0.2, 0) is 19.1 Å². The zero-order valence-corrected chi connectivity index (χ0v) is 7.62. The molecule has 0 atom stereocenters. The highest BCUT2D eigenvalue weighted by Crippen LogP contribution is 1.93. The summed E-state index contributed by atoms with van der Waals surface area (Å²) in [5.41, 5.74) is 0. The van der Waals surface area contributed by atoms with Crippen molar-refractivity contribution in [2.45, 2.75) is 20.8 Å². The van der Waals surface area contributed by atoms with Crippen LogP contribution in [0.15, 0.2) is 0 Å². The van der Waals surface area contributed by atoms with Gasteiger partial charge in [-0.15, -0.1) is 0 Å². The SMILES string of the molecule is CC(=O)OCC(=O)OCC(C)C. The Kier molecular flexibility index (Phi) is 5.08. The monoisotopic (exact) mass is 174 g/mol. The second kappa shape index (κ2) is 5.57. The van der Waals surface area contributed by atoms with Gasteiger partial charge in [0.05, 0.1) is 6.61 Å². The van der Waals surface area contributed by atoms with Gasteiger partial charge in [0, 0.05) is 6.92 Å². The van der Waals surface area contributed by atoms with Crippen LogP contribution in [0.2, 0.25) is 0 Å². The first-order valence-electron chi connectivity index (χ1n) is 3.81. The highest BCUT2D eigenvalue weighted by Gasteiger charge is 2.05. The van der Waals surface area contributed by atoms with Gasteiger partial charge < -0.3 is 9.47 Å². The first-order chi connectivity index (χ1) is 5.52. The Balaban J connectivity index is 3.40. The molecule has 0 rings (SSSR count). The van der Waals surface area contributed by atoms with E-state index in [1.807, 2.05) is 13.8 Å². The van der Waals surface area contributed by atoms with Crippen molar-refractivity contribution in [1.82, 2.24) is 0 Å². The number of esters is 2. The fourth-order valence-electron chi connectivity index (χ4n) is 0.462. The Morgan fingerprint density at radius 2 is 1.83 bits per heavy atom. The molecule has 0 fully saturated rings. The number of hydrogen-bond donors (Lipinski definition) is 0. The van der Waals surface area contributed by atoms with Crippen LogP contribution >= 0.6 is 0 Å². The third-order valence-corrected chi connectivity index (χ3v) is 0.971. The quantitative estimate of drug-likeness (QED) is 0.590. The van der Waals surface area contributed by atoms with Crippen molar-refractivity contribution in [3.8, 4) is 0 Å². The molecular weight excluding hydrogens is 160 g/mol. The Morgan fingerprint density at radius 3 is 2.25 bits per heavy atom. The van der Waals surface area contributed by atoms with Gasteiger partial charge in [0.1, 0.15) is 0 Å². The zero-order chi connectivity index (χ0) is 9.56. The maximum Gasteiger partial charge on any atom is 0.344 e. The van der Waals surface area contributed by atoms with Gasteiger partial charge in [-0.05, 0) is 5.92 Å². The Hall–Kier alpha value is -1.06. The molecule has 0 radical (unpaired) electrons. The highest BCUT2D eigenvalue weighted by atomic mass is 16.6. The lowest BCUT2D eigenvalue weighted by Gasteiger charge is -2.06. The molecule has 4 nitrogen and oxygen atoms in total. The van der Waals surface area contributed by atoms with Crippen LogP contribution in [0.3, 0.4) is 0 Å². The molecule has 0 aromatic rings. The predicted molar refractivity (Wildman–Crippen MR) is 42.4 cm³/mol. The van der Waals surface area contributed by atoms with E-state index in [1.54, 1.807) is 0 Å². The van der Waals surface area contributed by atoms with Crippen LogP contribution in [0.1, 0.15) is 20.8 Å². The normalized spacial score (nSPS) is 9.67. The van der Waals surface area contributed by atoms with Gasteiger partial charge in [0.25, 0.3) is 0 Å². The molecule has 0 heterocycles. The van der Waals surface area contributed by atoms with E-state index in [2.05, 4.69) is 4.74 Å². The zero-order valence-electron chi connectivity index (χ0n) is 7.62. The van der Waals surface area contributed by atoms with Crippen LogP contribution in [0.5, 0.6) is 0 Å². The summed E-state index contributed by atoms with van der Waals surface area (Å²) in [5, 5.41) is 0. The second-order valence-corrected chi connectivity index (χ2v) is 2.86. The molecular formula is C8H14O4. The molecule has 0 aliphatic rings. The van der Waals surface area contributed by atoms with E-state index in [9.17, 15) is 9.59 Å². The number of hydrogen-bond acceptors (Lipinski definition) is 4. The molecule has 0 bridgehead atoms. The molecule has 12 heavy (non-hydrogen) atoms. The van der Waals surface area contributed by atoms with E-state index in [1.165, 1.54) is 6.92 Å². The highest BCUT2D eigenvalue weighted by molar-refractivity contribution is 5.75. The lowest BCUT2D eigenvalue weighted by atomic mass is 10.2. The molecule has 70 valence electrons. The minimum Gasteiger partial charge on any atom is -0.463 e. The fraction of sp³-hybridized carbons (Fsp3) is 0.750. The Bertz CT molecular complexity index is 162. The van der Waals surface area contributed by atoms with Gasteiger partial charge in [-0.25, -0.2) is 4.79 Å². The second-order valence-electron chi connectivity index (χ2n) is 2.86. The molecule has 0 aromatic heterocycles. The average molecular weight is 174 g/mol. The van der Waals surface area contributed by atoms with Crippen molar-refractivity contribution in [3.63, 3.8) is 0 Å². The van der Waals surface area contributed by atoms with Crippen LogP contribution < -0.4 is 0 Å². The first kappa shape index (κ1) is 10.9. The minimum absolute atomic E-state index is 0.290. The van der Waals surface area contributed by atoms with E-state index in [4.69, 9.17) is 4.74 Å². The molecule has 0 spiro atoms. The maximum atomic E-state index is 10.8. The van der Waals surface area contributed by atoms with Crippen molar-refractivity contribution in [1.29, 1.82) is 0 Å². The van der Waals surface area contributed by atoms with E-state index >= 15 is 0 Å². The third-order valence-electron chi connectivity index (χ3n) is 0.971. The third kappa shape index (κ3) is 7.05. The molecule has 0 aromatic carbocycles. The van der Waals surface area contributed by atoms with E-state index in [0.29, 0.717) is 12.5 Å². The summed E-state index contributed by atoms with van der Waals surface area (Å²) in [7, 11) is 0.